The van der Waals surface area contributed by atoms with Gasteiger partial charge in [-0.15, -0.1) is 0 Å². The van der Waals surface area contributed by atoms with E-state index in [4.69, 9.17) is 9.15 Å². The predicted molar refractivity (Wildman–Crippen MR) is 94.7 cm³/mol. The van der Waals surface area contributed by atoms with Crippen molar-refractivity contribution in [2.75, 3.05) is 18.5 Å². The van der Waals surface area contributed by atoms with Gasteiger partial charge < -0.3 is 19.8 Å². The molecule has 7 nitrogen and oxygen atoms in total. The number of carbonyl (C=O) groups excluding carboxylic acids is 2. The number of hydrogen-bond donors (Lipinski definition) is 2. The van der Waals surface area contributed by atoms with Crippen molar-refractivity contribution < 1.29 is 18.7 Å². The van der Waals surface area contributed by atoms with Crippen LogP contribution in [-0.4, -0.2) is 25.0 Å². The van der Waals surface area contributed by atoms with Crippen LogP contribution in [0.5, 0.6) is 5.75 Å². The van der Waals surface area contributed by atoms with E-state index in [1.165, 1.54) is 12.1 Å². The van der Waals surface area contributed by atoms with E-state index < -0.39 is 11.5 Å². The van der Waals surface area contributed by atoms with Gasteiger partial charge in [-0.25, -0.2) is 4.79 Å². The quantitative estimate of drug-likeness (QED) is 0.690. The highest BCUT2D eigenvalue weighted by Gasteiger charge is 2.19. The Labute approximate surface area is 147 Å². The molecule has 130 valence electrons. The summed E-state index contributed by atoms with van der Waals surface area (Å²) in [5, 5.41) is 5.97. The lowest BCUT2D eigenvalue weighted by molar-refractivity contribution is 0.0955. The van der Waals surface area contributed by atoms with Gasteiger partial charge in [-0.05, 0) is 30.3 Å². The fourth-order valence-corrected chi connectivity index (χ4v) is 2.75. The first-order valence-electron chi connectivity index (χ1n) is 8.01. The molecule has 0 spiro atoms. The van der Waals surface area contributed by atoms with Crippen LogP contribution >= 0.6 is 0 Å². The van der Waals surface area contributed by atoms with Crippen LogP contribution in [0.1, 0.15) is 20.7 Å². The van der Waals surface area contributed by atoms with Crippen LogP contribution in [0.2, 0.25) is 0 Å². The summed E-state index contributed by atoms with van der Waals surface area (Å²) in [6, 6.07) is 13.1. The summed E-state index contributed by atoms with van der Waals surface area (Å²) < 4.78 is 10.6. The molecule has 0 atom stereocenters. The number of benzene rings is 2. The minimum absolute atomic E-state index is 0.112. The molecule has 2 aromatic carbocycles. The number of carbonyl (C=O) groups is 2. The smallest absolute Gasteiger partial charge is 0.349 e. The molecule has 0 radical (unpaired) electrons. The van der Waals surface area contributed by atoms with Crippen molar-refractivity contribution >= 4 is 28.5 Å². The summed E-state index contributed by atoms with van der Waals surface area (Å²) in [6.07, 6.45) is 0. The van der Waals surface area contributed by atoms with Crippen molar-refractivity contribution in [3.8, 4) is 5.75 Å². The van der Waals surface area contributed by atoms with Crippen LogP contribution in [0.15, 0.2) is 57.7 Å². The van der Waals surface area contributed by atoms with Gasteiger partial charge in [0.25, 0.3) is 11.8 Å². The average Bonchev–Trinajstić information content (AvgIpc) is 2.82. The summed E-state index contributed by atoms with van der Waals surface area (Å²) >= 11 is 0. The third-order valence-electron chi connectivity index (χ3n) is 4.01. The SMILES string of the molecule is O=C1NCCOc2ccc(NC(=O)c3cc4ccccc4oc3=O)cc21. The second kappa shape index (κ2) is 6.36. The first-order valence-corrected chi connectivity index (χ1v) is 8.01. The normalized spacial score (nSPS) is 13.3. The molecule has 0 saturated carbocycles. The Morgan fingerprint density at radius 3 is 2.81 bits per heavy atom. The maximum absolute atomic E-state index is 12.5. The van der Waals surface area contributed by atoms with E-state index in [0.29, 0.717) is 41.1 Å². The molecular weight excluding hydrogens is 336 g/mol. The Bertz CT molecular complexity index is 1090. The Morgan fingerprint density at radius 1 is 1.08 bits per heavy atom. The van der Waals surface area contributed by atoms with Gasteiger partial charge in [0.2, 0.25) is 0 Å². The Kier molecular flexibility index (Phi) is 3.89. The van der Waals surface area contributed by atoms with Crippen LogP contribution in [0.3, 0.4) is 0 Å². The molecule has 1 aliphatic heterocycles. The van der Waals surface area contributed by atoms with E-state index >= 15 is 0 Å². The van der Waals surface area contributed by atoms with E-state index in [-0.39, 0.29) is 11.5 Å². The third kappa shape index (κ3) is 2.90. The van der Waals surface area contributed by atoms with Crippen LogP contribution in [-0.2, 0) is 0 Å². The van der Waals surface area contributed by atoms with Gasteiger partial charge in [0, 0.05) is 11.1 Å². The number of para-hydroxylation sites is 1. The maximum Gasteiger partial charge on any atom is 0.349 e. The Balaban J connectivity index is 1.66. The number of ether oxygens (including phenoxy) is 1. The zero-order chi connectivity index (χ0) is 18.1. The number of hydrogen-bond acceptors (Lipinski definition) is 5. The second-order valence-electron chi connectivity index (χ2n) is 5.75. The van der Waals surface area contributed by atoms with Gasteiger partial charge >= 0.3 is 5.63 Å². The van der Waals surface area contributed by atoms with Gasteiger partial charge in [-0.1, -0.05) is 18.2 Å². The number of anilines is 1. The minimum Gasteiger partial charge on any atom is -0.491 e. The zero-order valence-electron chi connectivity index (χ0n) is 13.6. The summed E-state index contributed by atoms with van der Waals surface area (Å²) in [5.74, 6) is -0.443. The highest BCUT2D eigenvalue weighted by molar-refractivity contribution is 6.06. The fourth-order valence-electron chi connectivity index (χ4n) is 2.75. The van der Waals surface area contributed by atoms with Gasteiger partial charge in [0.15, 0.2) is 0 Å². The van der Waals surface area contributed by atoms with E-state index in [2.05, 4.69) is 10.6 Å². The summed E-state index contributed by atoms with van der Waals surface area (Å²) in [6.45, 7) is 0.788. The zero-order valence-corrected chi connectivity index (χ0v) is 13.6. The number of rotatable bonds is 2. The van der Waals surface area contributed by atoms with Crippen LogP contribution in [0, 0.1) is 0 Å². The standard InChI is InChI=1S/C19H14N2O5/c22-17-13-10-12(5-6-16(13)25-8-7-20-17)21-18(23)14-9-11-3-1-2-4-15(11)26-19(14)24/h1-6,9-10H,7-8H2,(H,20,22)(H,21,23). The van der Waals surface area contributed by atoms with E-state index in [0.717, 1.165) is 0 Å². The third-order valence-corrected chi connectivity index (χ3v) is 4.01. The highest BCUT2D eigenvalue weighted by Crippen LogP contribution is 2.24. The van der Waals surface area contributed by atoms with Crippen molar-refractivity contribution in [2.45, 2.75) is 0 Å². The first kappa shape index (κ1) is 15.9. The summed E-state index contributed by atoms with van der Waals surface area (Å²) in [5.41, 5.74) is 0.275. The number of nitrogens with one attached hydrogen (secondary N) is 2. The van der Waals surface area contributed by atoms with Gasteiger partial charge in [0.05, 0.1) is 12.1 Å². The Hall–Kier alpha value is -3.61. The minimum atomic E-state index is -0.725. The molecule has 2 heterocycles. The lowest BCUT2D eigenvalue weighted by Gasteiger charge is -2.09. The van der Waals surface area contributed by atoms with E-state index in [1.54, 1.807) is 36.4 Å². The molecule has 0 aliphatic carbocycles. The van der Waals surface area contributed by atoms with Crippen LogP contribution < -0.4 is 21.0 Å². The lowest BCUT2D eigenvalue weighted by atomic mass is 10.1. The molecule has 2 N–H and O–H groups in total. The lowest BCUT2D eigenvalue weighted by Crippen LogP contribution is -2.24. The highest BCUT2D eigenvalue weighted by atomic mass is 16.5. The predicted octanol–water partition coefficient (Wildman–Crippen LogP) is 2.17. The van der Waals surface area contributed by atoms with E-state index in [1.807, 2.05) is 0 Å². The van der Waals surface area contributed by atoms with Crippen molar-refractivity contribution in [1.82, 2.24) is 5.32 Å². The molecule has 1 aliphatic rings. The van der Waals surface area contributed by atoms with Gasteiger partial charge in [0.1, 0.15) is 23.5 Å². The molecule has 0 fully saturated rings. The molecule has 26 heavy (non-hydrogen) atoms. The van der Waals surface area contributed by atoms with Crippen LogP contribution in [0.25, 0.3) is 11.0 Å². The Morgan fingerprint density at radius 2 is 1.92 bits per heavy atom. The number of fused-ring (bicyclic) bond motifs is 2. The molecule has 3 aromatic rings. The topological polar surface area (TPSA) is 97.6 Å². The van der Waals surface area contributed by atoms with Crippen molar-refractivity contribution in [3.05, 3.63) is 70.1 Å². The van der Waals surface area contributed by atoms with Crippen molar-refractivity contribution in [1.29, 1.82) is 0 Å². The molecule has 1 aromatic heterocycles. The molecule has 0 bridgehead atoms. The van der Waals surface area contributed by atoms with Gasteiger partial charge in [-0.2, -0.15) is 0 Å². The molecular formula is C19H14N2O5. The number of amides is 2. The molecule has 2 amide bonds. The second-order valence-corrected chi connectivity index (χ2v) is 5.75. The van der Waals surface area contributed by atoms with Crippen molar-refractivity contribution in [2.24, 2.45) is 0 Å². The maximum atomic E-state index is 12.5. The molecule has 4 rings (SSSR count). The van der Waals surface area contributed by atoms with Crippen molar-refractivity contribution in [3.63, 3.8) is 0 Å². The van der Waals surface area contributed by atoms with Crippen LogP contribution in [0.4, 0.5) is 5.69 Å². The summed E-state index contributed by atoms with van der Waals surface area (Å²) in [4.78, 5) is 36.6. The van der Waals surface area contributed by atoms with Gasteiger partial charge in [-0.3, -0.25) is 9.59 Å². The average molecular weight is 350 g/mol. The molecule has 7 heteroatoms. The fraction of sp³-hybridized carbons (Fsp3) is 0.105. The van der Waals surface area contributed by atoms with E-state index in [9.17, 15) is 14.4 Å². The first-order chi connectivity index (χ1) is 12.6. The monoisotopic (exact) mass is 350 g/mol. The molecule has 0 saturated heterocycles. The largest absolute Gasteiger partial charge is 0.491 e. The summed E-state index contributed by atoms with van der Waals surface area (Å²) in [7, 11) is 0. The molecule has 0 unspecified atom stereocenters.